The number of hydrogen-bond acceptors (Lipinski definition) is 5. The minimum Gasteiger partial charge on any atom is -0.427 e. The van der Waals surface area contributed by atoms with Crippen molar-refractivity contribution >= 4 is 23.5 Å². The van der Waals surface area contributed by atoms with E-state index in [2.05, 4.69) is 10.6 Å². The van der Waals surface area contributed by atoms with Crippen LogP contribution in [0, 0.1) is 0 Å². The van der Waals surface area contributed by atoms with Crippen LogP contribution in [0.25, 0.3) is 0 Å². The smallest absolute Gasteiger partial charge is 0.308 e. The van der Waals surface area contributed by atoms with E-state index in [4.69, 9.17) is 9.47 Å². The molecule has 1 atom stereocenters. The Hall–Kier alpha value is -3.19. The average Bonchev–Trinajstić information content (AvgIpc) is 3.22. The van der Waals surface area contributed by atoms with Gasteiger partial charge in [-0.25, -0.2) is 0 Å². The molecule has 0 aromatic heterocycles. The Kier molecular flexibility index (Phi) is 6.39. The lowest BCUT2D eigenvalue weighted by molar-refractivity contribution is -0.131. The fourth-order valence-electron chi connectivity index (χ4n) is 2.94. The third-order valence-corrected chi connectivity index (χ3v) is 4.29. The second kappa shape index (κ2) is 9.14. The number of hydrogen-bond donors (Lipinski definition) is 2. The van der Waals surface area contributed by atoms with E-state index in [0.29, 0.717) is 30.0 Å². The molecule has 7 nitrogen and oxygen atoms in total. The fraction of sp³-hybridized carbons (Fsp3) is 0.286. The molecule has 3 rings (SSSR count). The summed E-state index contributed by atoms with van der Waals surface area (Å²) in [6.07, 6.45) is 1.16. The number of nitrogens with one attached hydrogen (secondary N) is 2. The molecule has 1 unspecified atom stereocenters. The molecular weight excluding hydrogens is 360 g/mol. The largest absolute Gasteiger partial charge is 0.427 e. The highest BCUT2D eigenvalue weighted by Crippen LogP contribution is 2.19. The highest BCUT2D eigenvalue weighted by atomic mass is 16.5. The maximum absolute atomic E-state index is 12.4. The number of esters is 1. The van der Waals surface area contributed by atoms with Gasteiger partial charge in [0, 0.05) is 31.3 Å². The van der Waals surface area contributed by atoms with E-state index in [9.17, 15) is 14.4 Å². The molecule has 28 heavy (non-hydrogen) atoms. The van der Waals surface area contributed by atoms with Gasteiger partial charge >= 0.3 is 5.97 Å². The molecule has 146 valence electrons. The lowest BCUT2D eigenvalue weighted by Crippen LogP contribution is -2.28. The molecule has 1 saturated heterocycles. The van der Waals surface area contributed by atoms with Crippen LogP contribution in [0.3, 0.4) is 0 Å². The number of para-hydroxylation sites is 1. The van der Waals surface area contributed by atoms with Crippen LogP contribution in [0.5, 0.6) is 5.75 Å². The Bertz CT molecular complexity index is 875. The predicted molar refractivity (Wildman–Crippen MR) is 103 cm³/mol. The van der Waals surface area contributed by atoms with Gasteiger partial charge in [0.1, 0.15) is 11.9 Å². The Balaban J connectivity index is 1.63. The van der Waals surface area contributed by atoms with Crippen molar-refractivity contribution in [2.24, 2.45) is 0 Å². The van der Waals surface area contributed by atoms with Gasteiger partial charge in [-0.15, -0.1) is 0 Å². The highest BCUT2D eigenvalue weighted by molar-refractivity contribution is 5.96. The van der Waals surface area contributed by atoms with E-state index in [1.54, 1.807) is 24.3 Å². The number of amides is 2. The number of ether oxygens (including phenoxy) is 2. The van der Waals surface area contributed by atoms with E-state index in [0.717, 1.165) is 12.0 Å². The molecule has 1 aliphatic heterocycles. The molecule has 1 heterocycles. The van der Waals surface area contributed by atoms with E-state index >= 15 is 0 Å². The fourth-order valence-corrected chi connectivity index (χ4v) is 2.94. The summed E-state index contributed by atoms with van der Waals surface area (Å²) < 4.78 is 10.4. The molecule has 0 saturated carbocycles. The van der Waals surface area contributed by atoms with Crippen molar-refractivity contribution < 1.29 is 23.9 Å². The first kappa shape index (κ1) is 19.6. The van der Waals surface area contributed by atoms with Crippen LogP contribution in [-0.4, -0.2) is 30.5 Å². The number of anilines is 1. The van der Waals surface area contributed by atoms with Gasteiger partial charge in [-0.1, -0.05) is 24.3 Å². The van der Waals surface area contributed by atoms with Crippen molar-refractivity contribution in [2.75, 3.05) is 11.9 Å². The number of carbonyl (C=O) groups excluding carboxylic acids is 3. The van der Waals surface area contributed by atoms with Crippen LogP contribution in [0.4, 0.5) is 5.69 Å². The van der Waals surface area contributed by atoms with Crippen molar-refractivity contribution in [2.45, 2.75) is 32.4 Å². The first-order valence-electron chi connectivity index (χ1n) is 9.10. The Morgan fingerprint density at radius 2 is 1.96 bits per heavy atom. The van der Waals surface area contributed by atoms with Gasteiger partial charge in [0.2, 0.25) is 0 Å². The van der Waals surface area contributed by atoms with Gasteiger partial charge in [0.05, 0.1) is 0 Å². The van der Waals surface area contributed by atoms with Gasteiger partial charge in [-0.2, -0.15) is 0 Å². The van der Waals surface area contributed by atoms with E-state index in [-0.39, 0.29) is 18.4 Å². The molecular formula is C21H22N2O5. The molecule has 2 amide bonds. The minimum atomic E-state index is -0.450. The summed E-state index contributed by atoms with van der Waals surface area (Å²) in [7, 11) is 0. The zero-order valence-electron chi connectivity index (χ0n) is 15.6. The number of carbonyl (C=O) groups is 3. The van der Waals surface area contributed by atoms with Crippen LogP contribution in [-0.2, 0) is 20.9 Å². The van der Waals surface area contributed by atoms with Crippen LogP contribution >= 0.6 is 0 Å². The standard InChI is InChI=1S/C21H22N2O5/c1-14(24)28-17-8-4-7-15(12-17)20(25)22-13-16-6-2-3-9-18(16)23-21(26)19-10-5-11-27-19/h2-4,6-9,12,19H,5,10-11,13H2,1H3,(H,22,25)(H,23,26). The van der Waals surface area contributed by atoms with Gasteiger partial charge in [-0.3, -0.25) is 14.4 Å². The van der Waals surface area contributed by atoms with Crippen LogP contribution < -0.4 is 15.4 Å². The summed E-state index contributed by atoms with van der Waals surface area (Å²) >= 11 is 0. The van der Waals surface area contributed by atoms with Crippen molar-refractivity contribution in [1.82, 2.24) is 5.32 Å². The van der Waals surface area contributed by atoms with E-state index < -0.39 is 12.1 Å². The topological polar surface area (TPSA) is 93.7 Å². The third-order valence-electron chi connectivity index (χ3n) is 4.29. The molecule has 0 radical (unpaired) electrons. The lowest BCUT2D eigenvalue weighted by atomic mass is 10.1. The van der Waals surface area contributed by atoms with Crippen molar-refractivity contribution in [3.8, 4) is 5.75 Å². The Morgan fingerprint density at radius 3 is 2.71 bits per heavy atom. The Morgan fingerprint density at radius 1 is 1.14 bits per heavy atom. The summed E-state index contributed by atoms with van der Waals surface area (Å²) in [5.74, 6) is -0.627. The number of benzene rings is 2. The Labute approximate surface area is 163 Å². The number of rotatable bonds is 6. The summed E-state index contributed by atoms with van der Waals surface area (Å²) in [5, 5.41) is 5.69. The summed E-state index contributed by atoms with van der Waals surface area (Å²) in [6.45, 7) is 2.13. The summed E-state index contributed by atoms with van der Waals surface area (Å²) in [5.41, 5.74) is 1.79. The van der Waals surface area contributed by atoms with E-state index in [1.165, 1.54) is 13.0 Å². The van der Waals surface area contributed by atoms with E-state index in [1.807, 2.05) is 18.2 Å². The van der Waals surface area contributed by atoms with Gasteiger partial charge in [-0.05, 0) is 42.7 Å². The average molecular weight is 382 g/mol. The first-order valence-corrected chi connectivity index (χ1v) is 9.10. The third kappa shape index (κ3) is 5.17. The second-order valence-electron chi connectivity index (χ2n) is 6.45. The zero-order chi connectivity index (χ0) is 19.9. The molecule has 2 aromatic rings. The molecule has 0 aliphatic carbocycles. The molecule has 1 fully saturated rings. The SMILES string of the molecule is CC(=O)Oc1cccc(C(=O)NCc2ccccc2NC(=O)C2CCCO2)c1. The summed E-state index contributed by atoms with van der Waals surface area (Å²) in [4.78, 5) is 35.8. The van der Waals surface area contributed by atoms with Gasteiger partial charge in [0.15, 0.2) is 0 Å². The molecule has 2 aromatic carbocycles. The maximum Gasteiger partial charge on any atom is 0.308 e. The zero-order valence-corrected chi connectivity index (χ0v) is 15.6. The quantitative estimate of drug-likeness (QED) is 0.592. The second-order valence-corrected chi connectivity index (χ2v) is 6.45. The van der Waals surface area contributed by atoms with Crippen LogP contribution in [0.2, 0.25) is 0 Å². The normalized spacial score (nSPS) is 15.7. The van der Waals surface area contributed by atoms with Crippen LogP contribution in [0.15, 0.2) is 48.5 Å². The highest BCUT2D eigenvalue weighted by Gasteiger charge is 2.24. The molecule has 0 bridgehead atoms. The van der Waals surface area contributed by atoms with Gasteiger partial charge in [0.25, 0.3) is 11.8 Å². The summed E-state index contributed by atoms with van der Waals surface area (Å²) in [6, 6.07) is 13.7. The molecule has 0 spiro atoms. The minimum absolute atomic E-state index is 0.176. The van der Waals surface area contributed by atoms with Crippen molar-refractivity contribution in [3.05, 3.63) is 59.7 Å². The first-order chi connectivity index (χ1) is 13.5. The molecule has 1 aliphatic rings. The molecule has 2 N–H and O–H groups in total. The molecule has 7 heteroatoms. The van der Waals surface area contributed by atoms with Crippen LogP contribution in [0.1, 0.15) is 35.7 Å². The van der Waals surface area contributed by atoms with Crippen molar-refractivity contribution in [3.63, 3.8) is 0 Å². The maximum atomic E-state index is 12.4. The van der Waals surface area contributed by atoms with Gasteiger partial charge < -0.3 is 20.1 Å². The van der Waals surface area contributed by atoms with Crippen molar-refractivity contribution in [1.29, 1.82) is 0 Å². The predicted octanol–water partition coefficient (Wildman–Crippen LogP) is 2.66. The lowest BCUT2D eigenvalue weighted by Gasteiger charge is -2.14. The monoisotopic (exact) mass is 382 g/mol.